The maximum atomic E-state index is 14.0. The fourth-order valence-corrected chi connectivity index (χ4v) is 8.08. The van der Waals surface area contributed by atoms with E-state index in [0.717, 1.165) is 35.8 Å². The van der Waals surface area contributed by atoms with Crippen molar-refractivity contribution in [1.29, 1.82) is 0 Å². The van der Waals surface area contributed by atoms with Gasteiger partial charge in [-0.3, -0.25) is 9.59 Å². The summed E-state index contributed by atoms with van der Waals surface area (Å²) in [6, 6.07) is 26.3. The van der Waals surface area contributed by atoms with Crippen molar-refractivity contribution in [2.45, 2.75) is 49.1 Å². The number of nitrogens with zero attached hydrogens (tertiary/aromatic N) is 3. The van der Waals surface area contributed by atoms with Gasteiger partial charge in [0.05, 0.1) is 16.3 Å². The number of phenols is 2. The van der Waals surface area contributed by atoms with Gasteiger partial charge in [0.15, 0.2) is 0 Å². The monoisotopic (exact) mass is 668 g/mol. The fraction of sp³-hybridized carbons (Fsp3) is 0.297. The Bertz CT molecular complexity index is 1820. The molecule has 4 aromatic carbocycles. The number of para-hydroxylation sites is 3. The number of piperidine rings is 1. The van der Waals surface area contributed by atoms with Crippen molar-refractivity contribution in [3.8, 4) is 11.5 Å². The molecule has 0 aliphatic carbocycles. The van der Waals surface area contributed by atoms with Gasteiger partial charge >= 0.3 is 0 Å². The lowest BCUT2D eigenvalue weighted by Crippen LogP contribution is -2.53. The van der Waals surface area contributed by atoms with E-state index >= 15 is 0 Å². The zero-order valence-corrected chi connectivity index (χ0v) is 27.4. The molecule has 48 heavy (non-hydrogen) atoms. The topological polar surface area (TPSA) is 130 Å². The van der Waals surface area contributed by atoms with Gasteiger partial charge in [-0.25, -0.2) is 12.7 Å². The molecule has 2 amide bonds. The maximum absolute atomic E-state index is 14.0. The quantitative estimate of drug-likeness (QED) is 0.216. The number of hydrogen-bond acceptors (Lipinski definition) is 7. The summed E-state index contributed by atoms with van der Waals surface area (Å²) in [6.07, 6.45) is 4.45. The van der Waals surface area contributed by atoms with Crippen LogP contribution in [-0.4, -0.2) is 78.5 Å². The van der Waals surface area contributed by atoms with Gasteiger partial charge in [0.2, 0.25) is 5.91 Å². The van der Waals surface area contributed by atoms with Crippen LogP contribution in [0, 0.1) is 0 Å². The molecular weight excluding hydrogens is 628 g/mol. The molecule has 2 aliphatic heterocycles. The largest absolute Gasteiger partial charge is 0.508 e. The van der Waals surface area contributed by atoms with Crippen molar-refractivity contribution in [3.63, 3.8) is 0 Å². The number of rotatable bonds is 10. The first-order valence-electron chi connectivity index (χ1n) is 16.3. The number of phenolic OH excluding ortho intramolecular Hbond substituents is 2. The second kappa shape index (κ2) is 14.5. The van der Waals surface area contributed by atoms with Crippen LogP contribution in [0.5, 0.6) is 11.5 Å². The summed E-state index contributed by atoms with van der Waals surface area (Å²) in [6.45, 7) is 3.45. The highest BCUT2D eigenvalue weighted by Crippen LogP contribution is 2.37. The molecule has 2 aliphatic rings. The number of carbonyl (C=O) groups is 2. The van der Waals surface area contributed by atoms with Crippen molar-refractivity contribution in [3.05, 3.63) is 114 Å². The number of likely N-dealkylation sites (tertiary alicyclic amines) is 2. The lowest BCUT2D eigenvalue weighted by Gasteiger charge is -2.38. The predicted molar refractivity (Wildman–Crippen MR) is 184 cm³/mol. The van der Waals surface area contributed by atoms with Crippen LogP contribution in [-0.2, 0) is 21.2 Å². The van der Waals surface area contributed by atoms with Crippen LogP contribution in [0.15, 0.2) is 108 Å². The molecule has 1 atom stereocenters. The Morgan fingerprint density at radius 3 is 2.06 bits per heavy atom. The molecule has 0 saturated carbocycles. The van der Waals surface area contributed by atoms with Gasteiger partial charge in [0.25, 0.3) is 15.9 Å². The highest BCUT2D eigenvalue weighted by Gasteiger charge is 2.33. The van der Waals surface area contributed by atoms with E-state index in [-0.39, 0.29) is 40.0 Å². The summed E-state index contributed by atoms with van der Waals surface area (Å²) < 4.78 is 29.0. The van der Waals surface area contributed by atoms with Gasteiger partial charge in [-0.15, -0.1) is 0 Å². The number of carbonyl (C=O) groups excluding carboxylic acids is 2. The van der Waals surface area contributed by atoms with E-state index in [9.17, 15) is 28.2 Å². The molecule has 1 unspecified atom stereocenters. The zero-order valence-electron chi connectivity index (χ0n) is 26.6. The van der Waals surface area contributed by atoms with E-state index in [4.69, 9.17) is 0 Å². The first-order chi connectivity index (χ1) is 23.2. The molecule has 11 heteroatoms. The van der Waals surface area contributed by atoms with E-state index in [1.807, 2.05) is 4.90 Å². The van der Waals surface area contributed by atoms with Crippen molar-refractivity contribution in [2.75, 3.05) is 30.5 Å². The number of sulfonamides is 1. The van der Waals surface area contributed by atoms with E-state index in [2.05, 4.69) is 10.2 Å². The van der Waals surface area contributed by atoms with Crippen molar-refractivity contribution >= 4 is 33.2 Å². The Labute approximate surface area is 281 Å². The van der Waals surface area contributed by atoms with Crippen molar-refractivity contribution in [2.24, 2.45) is 0 Å². The van der Waals surface area contributed by atoms with Gasteiger partial charge in [0, 0.05) is 31.1 Å². The third kappa shape index (κ3) is 7.32. The molecule has 0 bridgehead atoms. The number of amides is 2. The average molecular weight is 669 g/mol. The molecule has 3 N–H and O–H groups in total. The van der Waals surface area contributed by atoms with Crippen molar-refractivity contribution < 1.29 is 28.2 Å². The highest BCUT2D eigenvalue weighted by atomic mass is 32.2. The normalized spacial score (nSPS) is 16.4. The van der Waals surface area contributed by atoms with Gasteiger partial charge in [-0.1, -0.05) is 42.5 Å². The first-order valence-corrected chi connectivity index (χ1v) is 17.7. The van der Waals surface area contributed by atoms with Gasteiger partial charge in [-0.05, 0) is 105 Å². The van der Waals surface area contributed by atoms with Crippen LogP contribution < -0.4 is 9.62 Å². The van der Waals surface area contributed by atoms with E-state index < -0.39 is 22.0 Å². The third-order valence-corrected chi connectivity index (χ3v) is 10.9. The summed E-state index contributed by atoms with van der Waals surface area (Å²) in [7, 11) is -4.22. The van der Waals surface area contributed by atoms with Crippen LogP contribution in [0.2, 0.25) is 0 Å². The third-order valence-electron chi connectivity index (χ3n) is 9.16. The Balaban J connectivity index is 1.21. The number of hydrogen-bond donors (Lipinski definition) is 3. The molecule has 0 radical (unpaired) electrons. The zero-order chi connectivity index (χ0) is 33.7. The summed E-state index contributed by atoms with van der Waals surface area (Å²) in [4.78, 5) is 31.7. The van der Waals surface area contributed by atoms with Gasteiger partial charge in [0.1, 0.15) is 17.5 Å². The van der Waals surface area contributed by atoms with Gasteiger partial charge < -0.3 is 25.3 Å². The Morgan fingerprint density at radius 2 is 1.42 bits per heavy atom. The summed E-state index contributed by atoms with van der Waals surface area (Å²) in [5.74, 6) is -0.774. The van der Waals surface area contributed by atoms with E-state index in [1.165, 1.54) is 49.2 Å². The van der Waals surface area contributed by atoms with Crippen LogP contribution in [0.25, 0.3) is 0 Å². The Hall–Kier alpha value is -4.87. The number of benzene rings is 4. The molecule has 6 rings (SSSR count). The van der Waals surface area contributed by atoms with Crippen LogP contribution in [0.1, 0.15) is 41.6 Å². The second-order valence-corrected chi connectivity index (χ2v) is 14.1. The number of anilines is 2. The minimum absolute atomic E-state index is 0.0799. The molecule has 4 aromatic rings. The molecule has 2 heterocycles. The number of aromatic hydroxyl groups is 2. The Morgan fingerprint density at radius 1 is 0.792 bits per heavy atom. The standard InChI is InChI=1S/C37H40N4O6S/c42-31-16-12-27(13-17-31)26-33(37(45)40-24-20-29(21-25-40)39-22-6-7-23-39)38-36(44)28-14-18-32(19-15-28)48(46,47)41(30-8-2-1-3-9-30)34-10-4-5-11-35(34)43/h1-5,8-19,29,33,42-43H,6-7,20-26H2,(H,38,44). The summed E-state index contributed by atoms with van der Waals surface area (Å²) in [5.41, 5.74) is 1.40. The van der Waals surface area contributed by atoms with Crippen LogP contribution >= 0.6 is 0 Å². The molecule has 2 saturated heterocycles. The molecule has 0 spiro atoms. The lowest BCUT2D eigenvalue weighted by atomic mass is 10.00. The average Bonchev–Trinajstić information content (AvgIpc) is 3.65. The first kappa shape index (κ1) is 33.0. The SMILES string of the molecule is O=C(NC(Cc1ccc(O)cc1)C(=O)N1CCC(N2CCCC2)CC1)c1ccc(S(=O)(=O)N(c2ccccc2)c2ccccc2O)cc1. The van der Waals surface area contributed by atoms with Crippen LogP contribution in [0.4, 0.5) is 11.4 Å². The van der Waals surface area contributed by atoms with E-state index in [0.29, 0.717) is 24.8 Å². The van der Waals surface area contributed by atoms with Crippen LogP contribution in [0.3, 0.4) is 0 Å². The molecule has 2 fully saturated rings. The van der Waals surface area contributed by atoms with Crippen molar-refractivity contribution in [1.82, 2.24) is 15.1 Å². The van der Waals surface area contributed by atoms with Gasteiger partial charge in [-0.2, -0.15) is 0 Å². The minimum atomic E-state index is -4.22. The molecule has 10 nitrogen and oxygen atoms in total. The lowest BCUT2D eigenvalue weighted by molar-refractivity contribution is -0.134. The second-order valence-electron chi connectivity index (χ2n) is 12.3. The number of nitrogens with one attached hydrogen (secondary N) is 1. The maximum Gasteiger partial charge on any atom is 0.268 e. The molecular formula is C37H40N4O6S. The highest BCUT2D eigenvalue weighted by molar-refractivity contribution is 7.93. The molecule has 0 aromatic heterocycles. The smallest absolute Gasteiger partial charge is 0.268 e. The molecule has 250 valence electrons. The fourth-order valence-electron chi connectivity index (χ4n) is 6.58. The predicted octanol–water partition coefficient (Wildman–Crippen LogP) is 5.05. The summed E-state index contributed by atoms with van der Waals surface area (Å²) in [5, 5.41) is 23.2. The summed E-state index contributed by atoms with van der Waals surface area (Å²) >= 11 is 0. The Kier molecular flexibility index (Phi) is 9.98. The van der Waals surface area contributed by atoms with E-state index in [1.54, 1.807) is 66.7 Å². The minimum Gasteiger partial charge on any atom is -0.508 e.